The molecule has 0 aromatic heterocycles. The summed E-state index contributed by atoms with van der Waals surface area (Å²) in [6, 6.07) is 9.81. The monoisotopic (exact) mass is 247 g/mol. The van der Waals surface area contributed by atoms with Crippen LogP contribution in [0, 0.1) is 5.92 Å². The molecule has 18 heavy (non-hydrogen) atoms. The van der Waals surface area contributed by atoms with Gasteiger partial charge in [0.25, 0.3) is 0 Å². The SMILES string of the molecule is CCOC(=O)[C@H]1CN(c2ccccc2)CCC1=O. The summed E-state index contributed by atoms with van der Waals surface area (Å²) in [4.78, 5) is 25.5. The number of ether oxygens (including phenoxy) is 1. The van der Waals surface area contributed by atoms with Crippen molar-refractivity contribution >= 4 is 17.4 Å². The molecule has 96 valence electrons. The summed E-state index contributed by atoms with van der Waals surface area (Å²) in [7, 11) is 0. The topological polar surface area (TPSA) is 46.6 Å². The van der Waals surface area contributed by atoms with E-state index in [0.717, 1.165) is 5.69 Å². The highest BCUT2D eigenvalue weighted by Gasteiger charge is 2.33. The molecular formula is C14H17NO3. The number of rotatable bonds is 3. The maximum Gasteiger partial charge on any atom is 0.318 e. The van der Waals surface area contributed by atoms with E-state index in [1.54, 1.807) is 6.92 Å². The quantitative estimate of drug-likeness (QED) is 0.602. The van der Waals surface area contributed by atoms with E-state index in [-0.39, 0.29) is 5.78 Å². The van der Waals surface area contributed by atoms with Crippen molar-refractivity contribution < 1.29 is 14.3 Å². The third kappa shape index (κ3) is 2.70. The molecule has 1 fully saturated rings. The number of hydrogen-bond acceptors (Lipinski definition) is 4. The zero-order valence-corrected chi connectivity index (χ0v) is 10.5. The van der Waals surface area contributed by atoms with Crippen molar-refractivity contribution in [2.24, 2.45) is 5.92 Å². The molecule has 0 amide bonds. The van der Waals surface area contributed by atoms with E-state index < -0.39 is 11.9 Å². The van der Waals surface area contributed by atoms with Crippen LogP contribution < -0.4 is 4.90 Å². The van der Waals surface area contributed by atoms with E-state index in [4.69, 9.17) is 4.74 Å². The molecule has 1 aromatic rings. The van der Waals surface area contributed by atoms with E-state index in [1.165, 1.54) is 0 Å². The number of piperidine rings is 1. The molecular weight excluding hydrogens is 230 g/mol. The highest BCUT2D eigenvalue weighted by Crippen LogP contribution is 2.21. The summed E-state index contributed by atoms with van der Waals surface area (Å²) in [6.45, 7) is 3.15. The smallest absolute Gasteiger partial charge is 0.318 e. The van der Waals surface area contributed by atoms with Gasteiger partial charge in [0.1, 0.15) is 5.92 Å². The van der Waals surface area contributed by atoms with Crippen molar-refractivity contribution in [2.75, 3.05) is 24.6 Å². The van der Waals surface area contributed by atoms with Crippen LogP contribution in [0.4, 0.5) is 5.69 Å². The van der Waals surface area contributed by atoms with Crippen LogP contribution in [0.25, 0.3) is 0 Å². The van der Waals surface area contributed by atoms with E-state index in [2.05, 4.69) is 4.90 Å². The first-order chi connectivity index (χ1) is 8.72. The number of Topliss-reactive ketones (excluding diaryl/α,β-unsaturated/α-hetero) is 1. The molecule has 2 rings (SSSR count). The van der Waals surface area contributed by atoms with Crippen LogP contribution in [0.5, 0.6) is 0 Å². The van der Waals surface area contributed by atoms with Crippen molar-refractivity contribution in [2.45, 2.75) is 13.3 Å². The van der Waals surface area contributed by atoms with E-state index in [9.17, 15) is 9.59 Å². The fourth-order valence-corrected chi connectivity index (χ4v) is 2.16. The van der Waals surface area contributed by atoms with Crippen LogP contribution in [-0.4, -0.2) is 31.4 Å². The number of hydrogen-bond donors (Lipinski definition) is 0. The molecule has 4 heteroatoms. The molecule has 0 unspecified atom stereocenters. The summed E-state index contributed by atoms with van der Waals surface area (Å²) in [5, 5.41) is 0. The maximum absolute atomic E-state index is 11.8. The molecule has 1 atom stereocenters. The first-order valence-corrected chi connectivity index (χ1v) is 6.21. The molecule has 1 heterocycles. The van der Waals surface area contributed by atoms with Gasteiger partial charge in [0, 0.05) is 25.2 Å². The summed E-state index contributed by atoms with van der Waals surface area (Å²) in [5.41, 5.74) is 1.04. The Morgan fingerprint density at radius 3 is 2.78 bits per heavy atom. The van der Waals surface area contributed by atoms with Gasteiger partial charge in [0.2, 0.25) is 0 Å². The Bertz CT molecular complexity index is 430. The zero-order chi connectivity index (χ0) is 13.0. The average Bonchev–Trinajstić information content (AvgIpc) is 2.40. The van der Waals surface area contributed by atoms with Gasteiger partial charge in [-0.1, -0.05) is 18.2 Å². The molecule has 0 spiro atoms. The van der Waals surface area contributed by atoms with Crippen molar-refractivity contribution in [3.8, 4) is 0 Å². The molecule has 4 nitrogen and oxygen atoms in total. The third-order valence-electron chi connectivity index (χ3n) is 3.11. The number of carbonyl (C=O) groups excluding carboxylic acids is 2. The van der Waals surface area contributed by atoms with Crippen LogP contribution >= 0.6 is 0 Å². The van der Waals surface area contributed by atoms with Crippen LogP contribution in [0.3, 0.4) is 0 Å². The predicted molar refractivity (Wildman–Crippen MR) is 68.4 cm³/mol. The van der Waals surface area contributed by atoms with Gasteiger partial charge in [-0.3, -0.25) is 9.59 Å². The Morgan fingerprint density at radius 2 is 2.11 bits per heavy atom. The number of carbonyl (C=O) groups is 2. The number of esters is 1. The summed E-state index contributed by atoms with van der Waals surface area (Å²) in [6.07, 6.45) is 0.401. The second-order valence-corrected chi connectivity index (χ2v) is 4.30. The third-order valence-corrected chi connectivity index (χ3v) is 3.11. The number of anilines is 1. The van der Waals surface area contributed by atoms with Gasteiger partial charge in [0.15, 0.2) is 5.78 Å². The van der Waals surface area contributed by atoms with Gasteiger partial charge in [0.05, 0.1) is 6.61 Å². The van der Waals surface area contributed by atoms with Crippen LogP contribution in [-0.2, 0) is 14.3 Å². The average molecular weight is 247 g/mol. The highest BCUT2D eigenvalue weighted by molar-refractivity contribution is 6.00. The van der Waals surface area contributed by atoms with Gasteiger partial charge in [-0.25, -0.2) is 0 Å². The Balaban J connectivity index is 2.09. The second-order valence-electron chi connectivity index (χ2n) is 4.30. The molecule has 0 bridgehead atoms. The Morgan fingerprint density at radius 1 is 1.39 bits per heavy atom. The zero-order valence-electron chi connectivity index (χ0n) is 10.5. The lowest BCUT2D eigenvalue weighted by Crippen LogP contribution is -2.45. The Hall–Kier alpha value is -1.84. The standard InChI is InChI=1S/C14H17NO3/c1-2-18-14(17)12-10-15(9-8-13(12)16)11-6-4-3-5-7-11/h3-7,12H,2,8-10H2,1H3/t12-/m0/s1. The molecule has 0 aliphatic carbocycles. The first-order valence-electron chi connectivity index (χ1n) is 6.21. The minimum atomic E-state index is -0.640. The van der Waals surface area contributed by atoms with Gasteiger partial charge in [-0.05, 0) is 19.1 Å². The van der Waals surface area contributed by atoms with Gasteiger partial charge < -0.3 is 9.64 Å². The maximum atomic E-state index is 11.8. The molecule has 0 saturated carbocycles. The predicted octanol–water partition coefficient (Wildman–Crippen LogP) is 1.65. The Labute approximate surface area is 107 Å². The van der Waals surface area contributed by atoms with Crippen LogP contribution in [0.1, 0.15) is 13.3 Å². The van der Waals surface area contributed by atoms with Gasteiger partial charge >= 0.3 is 5.97 Å². The van der Waals surface area contributed by atoms with Crippen LogP contribution in [0.2, 0.25) is 0 Å². The second kappa shape index (κ2) is 5.67. The largest absolute Gasteiger partial charge is 0.465 e. The number of nitrogens with zero attached hydrogens (tertiary/aromatic N) is 1. The van der Waals surface area contributed by atoms with E-state index in [0.29, 0.717) is 26.1 Å². The Kier molecular flexibility index (Phi) is 3.97. The van der Waals surface area contributed by atoms with Gasteiger partial charge in [-0.2, -0.15) is 0 Å². The minimum Gasteiger partial charge on any atom is -0.465 e. The van der Waals surface area contributed by atoms with Gasteiger partial charge in [-0.15, -0.1) is 0 Å². The summed E-state index contributed by atoms with van der Waals surface area (Å²) < 4.78 is 4.95. The molecule has 0 N–H and O–H groups in total. The lowest BCUT2D eigenvalue weighted by molar-refractivity contribution is -0.151. The summed E-state index contributed by atoms with van der Waals surface area (Å²) in [5.74, 6) is -1.05. The lowest BCUT2D eigenvalue weighted by Gasteiger charge is -2.32. The molecule has 1 aliphatic heterocycles. The molecule has 1 saturated heterocycles. The van der Waals surface area contributed by atoms with E-state index in [1.807, 2.05) is 30.3 Å². The number of ketones is 1. The first kappa shape index (κ1) is 12.6. The minimum absolute atomic E-state index is 0.0133. The van der Waals surface area contributed by atoms with Crippen molar-refractivity contribution in [1.29, 1.82) is 0 Å². The molecule has 1 aromatic carbocycles. The normalized spacial score (nSPS) is 19.7. The van der Waals surface area contributed by atoms with E-state index >= 15 is 0 Å². The summed E-state index contributed by atoms with van der Waals surface area (Å²) >= 11 is 0. The number of para-hydroxylation sites is 1. The fourth-order valence-electron chi connectivity index (χ4n) is 2.16. The number of benzene rings is 1. The van der Waals surface area contributed by atoms with Crippen molar-refractivity contribution in [3.63, 3.8) is 0 Å². The highest BCUT2D eigenvalue weighted by atomic mass is 16.5. The van der Waals surface area contributed by atoms with Crippen LogP contribution in [0.15, 0.2) is 30.3 Å². The lowest BCUT2D eigenvalue weighted by atomic mass is 9.96. The molecule has 0 radical (unpaired) electrons. The van der Waals surface area contributed by atoms with Crippen molar-refractivity contribution in [3.05, 3.63) is 30.3 Å². The fraction of sp³-hybridized carbons (Fsp3) is 0.429. The van der Waals surface area contributed by atoms with Crippen molar-refractivity contribution in [1.82, 2.24) is 0 Å². The molecule has 1 aliphatic rings.